The molecule has 4 fully saturated rings. The van der Waals surface area contributed by atoms with Crippen LogP contribution in [-0.4, -0.2) is 5.54 Å². The summed E-state index contributed by atoms with van der Waals surface area (Å²) in [5.41, 5.74) is 2.58. The van der Waals surface area contributed by atoms with Crippen molar-refractivity contribution in [3.8, 4) is 0 Å². The van der Waals surface area contributed by atoms with Crippen molar-refractivity contribution in [1.29, 1.82) is 0 Å². The summed E-state index contributed by atoms with van der Waals surface area (Å²) >= 11 is 6.32. The Morgan fingerprint density at radius 2 is 1.76 bits per heavy atom. The average Bonchev–Trinajstić information content (AvgIpc) is 2.53. The monoisotopic (exact) mass is 357 g/mol. The van der Waals surface area contributed by atoms with Crippen LogP contribution < -0.4 is 10.9 Å². The fourth-order valence-corrected chi connectivity index (χ4v) is 6.27. The van der Waals surface area contributed by atoms with Crippen LogP contribution in [0.4, 0.5) is 0 Å². The van der Waals surface area contributed by atoms with Gasteiger partial charge in [0.25, 0.3) is 0 Å². The molecule has 4 bridgehead atoms. The van der Waals surface area contributed by atoms with Crippen molar-refractivity contribution in [2.75, 3.05) is 0 Å². The van der Waals surface area contributed by atoms with Crippen LogP contribution in [0.2, 0.25) is 5.02 Å². The lowest BCUT2D eigenvalue weighted by Gasteiger charge is -2.57. The van der Waals surface area contributed by atoms with Gasteiger partial charge in [0.15, 0.2) is 0 Å². The number of hydrogen-bond acceptors (Lipinski definition) is 3. The van der Waals surface area contributed by atoms with Crippen LogP contribution in [0.3, 0.4) is 0 Å². The molecule has 25 heavy (non-hydrogen) atoms. The molecule has 4 saturated carbocycles. The Morgan fingerprint density at radius 3 is 2.40 bits per heavy atom. The number of nitrogens with one attached hydrogen (secondary N) is 1. The van der Waals surface area contributed by atoms with Gasteiger partial charge < -0.3 is 9.73 Å². The molecule has 2 aromatic rings. The SMILES string of the molecule is Cc1cc2oc(=O)cc(CNC34CC5CC(CC(C5)C3)C4)c2cc1Cl. The van der Waals surface area contributed by atoms with Gasteiger partial charge in [-0.15, -0.1) is 0 Å². The standard InChI is InChI=1S/C21H24ClNO2/c1-12-2-19-17(7-18(12)22)16(6-20(24)25-19)11-23-21-8-13-3-14(9-21)5-15(4-13)10-21/h2,6-7,13-15,23H,3-5,8-11H2,1H3. The Morgan fingerprint density at radius 1 is 1.12 bits per heavy atom. The second-order valence-corrected chi connectivity index (χ2v) is 9.15. The number of rotatable bonds is 3. The van der Waals surface area contributed by atoms with Crippen molar-refractivity contribution in [2.45, 2.75) is 57.5 Å². The van der Waals surface area contributed by atoms with E-state index < -0.39 is 0 Å². The third kappa shape index (κ3) is 2.72. The summed E-state index contributed by atoms with van der Waals surface area (Å²) < 4.78 is 5.39. The summed E-state index contributed by atoms with van der Waals surface area (Å²) in [4.78, 5) is 12.0. The zero-order valence-electron chi connectivity index (χ0n) is 14.6. The van der Waals surface area contributed by atoms with Gasteiger partial charge in [-0.1, -0.05) is 11.6 Å². The highest BCUT2D eigenvalue weighted by Gasteiger charge is 2.50. The maximum Gasteiger partial charge on any atom is 0.336 e. The van der Waals surface area contributed by atoms with Crippen molar-refractivity contribution in [3.63, 3.8) is 0 Å². The van der Waals surface area contributed by atoms with Gasteiger partial charge in [0.05, 0.1) is 0 Å². The molecule has 1 aromatic heterocycles. The van der Waals surface area contributed by atoms with Crippen LogP contribution >= 0.6 is 11.6 Å². The summed E-state index contributed by atoms with van der Waals surface area (Å²) in [6, 6.07) is 5.43. The van der Waals surface area contributed by atoms with E-state index >= 15 is 0 Å². The van der Waals surface area contributed by atoms with Gasteiger partial charge in [0, 0.05) is 28.6 Å². The molecule has 4 aliphatic carbocycles. The first-order chi connectivity index (χ1) is 12.0. The van der Waals surface area contributed by atoms with E-state index in [1.54, 1.807) is 6.07 Å². The van der Waals surface area contributed by atoms with E-state index in [2.05, 4.69) is 5.32 Å². The van der Waals surface area contributed by atoms with Gasteiger partial charge in [0.1, 0.15) is 5.58 Å². The second-order valence-electron chi connectivity index (χ2n) is 8.74. The highest BCUT2D eigenvalue weighted by atomic mass is 35.5. The largest absolute Gasteiger partial charge is 0.423 e. The van der Waals surface area contributed by atoms with Gasteiger partial charge in [-0.3, -0.25) is 0 Å². The van der Waals surface area contributed by atoms with Crippen molar-refractivity contribution in [1.82, 2.24) is 5.32 Å². The second kappa shape index (κ2) is 5.59. The number of fused-ring (bicyclic) bond motifs is 1. The van der Waals surface area contributed by atoms with Crippen molar-refractivity contribution >= 4 is 22.6 Å². The average molecular weight is 358 g/mol. The summed E-state index contributed by atoms with van der Waals surface area (Å²) in [7, 11) is 0. The van der Waals surface area contributed by atoms with E-state index in [1.165, 1.54) is 38.5 Å². The van der Waals surface area contributed by atoms with Gasteiger partial charge in [-0.05, 0) is 86.5 Å². The van der Waals surface area contributed by atoms with E-state index in [-0.39, 0.29) is 11.2 Å². The molecule has 0 radical (unpaired) electrons. The van der Waals surface area contributed by atoms with Crippen molar-refractivity contribution < 1.29 is 4.42 Å². The Kier molecular flexibility index (Phi) is 3.55. The predicted molar refractivity (Wildman–Crippen MR) is 100.0 cm³/mol. The molecular formula is C21H24ClNO2. The Bertz CT molecular complexity index is 865. The van der Waals surface area contributed by atoms with E-state index in [0.717, 1.165) is 39.3 Å². The Labute approximate surface area is 152 Å². The molecule has 6 rings (SSSR count). The zero-order valence-corrected chi connectivity index (χ0v) is 15.4. The van der Waals surface area contributed by atoms with Crippen molar-refractivity contribution in [3.05, 3.63) is 44.8 Å². The first-order valence-electron chi connectivity index (χ1n) is 9.48. The van der Waals surface area contributed by atoms with Crippen LogP contribution in [0.5, 0.6) is 0 Å². The van der Waals surface area contributed by atoms with Gasteiger partial charge in [-0.25, -0.2) is 4.79 Å². The van der Waals surface area contributed by atoms with E-state index in [0.29, 0.717) is 12.1 Å². The van der Waals surface area contributed by atoms with E-state index in [1.807, 2.05) is 19.1 Å². The summed E-state index contributed by atoms with van der Waals surface area (Å²) in [5.74, 6) is 2.73. The minimum atomic E-state index is -0.281. The Balaban J connectivity index is 1.46. The highest BCUT2D eigenvalue weighted by Crippen LogP contribution is 2.55. The van der Waals surface area contributed by atoms with Crippen LogP contribution in [0.25, 0.3) is 11.0 Å². The lowest BCUT2D eigenvalue weighted by Crippen LogP contribution is -2.58. The van der Waals surface area contributed by atoms with Crippen LogP contribution in [-0.2, 0) is 6.54 Å². The molecule has 0 atom stereocenters. The molecule has 0 unspecified atom stereocenters. The fraction of sp³-hybridized carbons (Fsp3) is 0.571. The molecule has 4 heteroatoms. The maximum atomic E-state index is 12.0. The molecule has 0 aliphatic heterocycles. The summed E-state index contributed by atoms with van der Waals surface area (Å²) in [6.07, 6.45) is 8.23. The molecule has 1 aromatic carbocycles. The number of aryl methyl sites for hydroxylation is 1. The van der Waals surface area contributed by atoms with Gasteiger partial charge >= 0.3 is 5.63 Å². The van der Waals surface area contributed by atoms with Crippen LogP contribution in [0, 0.1) is 24.7 Å². The van der Waals surface area contributed by atoms with Gasteiger partial charge in [-0.2, -0.15) is 0 Å². The molecule has 0 spiro atoms. The lowest BCUT2D eigenvalue weighted by molar-refractivity contribution is -0.0205. The van der Waals surface area contributed by atoms with Crippen LogP contribution in [0.15, 0.2) is 27.4 Å². The molecule has 132 valence electrons. The minimum Gasteiger partial charge on any atom is -0.423 e. The zero-order chi connectivity index (χ0) is 17.2. The lowest BCUT2D eigenvalue weighted by atomic mass is 9.53. The Hall–Kier alpha value is -1.32. The smallest absolute Gasteiger partial charge is 0.336 e. The van der Waals surface area contributed by atoms with E-state index in [9.17, 15) is 4.79 Å². The quantitative estimate of drug-likeness (QED) is 0.801. The molecule has 1 heterocycles. The molecule has 0 amide bonds. The van der Waals surface area contributed by atoms with Crippen molar-refractivity contribution in [2.24, 2.45) is 17.8 Å². The molecule has 4 aliphatic rings. The maximum absolute atomic E-state index is 12.0. The third-order valence-electron chi connectivity index (χ3n) is 6.80. The summed E-state index contributed by atoms with van der Waals surface area (Å²) in [5, 5.41) is 5.54. The molecule has 0 saturated heterocycles. The number of hydrogen-bond donors (Lipinski definition) is 1. The van der Waals surface area contributed by atoms with E-state index in [4.69, 9.17) is 16.0 Å². The minimum absolute atomic E-state index is 0.281. The molecule has 1 N–H and O–H groups in total. The highest BCUT2D eigenvalue weighted by molar-refractivity contribution is 6.32. The normalized spacial score (nSPS) is 33.3. The summed E-state index contributed by atoms with van der Waals surface area (Å²) in [6.45, 7) is 2.65. The molecule has 3 nitrogen and oxygen atoms in total. The predicted octanol–water partition coefficient (Wildman–Crippen LogP) is 4.81. The topological polar surface area (TPSA) is 42.2 Å². The van der Waals surface area contributed by atoms with Crippen LogP contribution in [0.1, 0.15) is 49.7 Å². The first kappa shape index (κ1) is 15.9. The molecular weight excluding hydrogens is 334 g/mol. The fourth-order valence-electron chi connectivity index (χ4n) is 6.10. The number of benzene rings is 1. The van der Waals surface area contributed by atoms with Gasteiger partial charge in [0.2, 0.25) is 0 Å². The third-order valence-corrected chi connectivity index (χ3v) is 7.21. The number of halogens is 1. The first-order valence-corrected chi connectivity index (χ1v) is 9.85.